The second kappa shape index (κ2) is 9.68. The van der Waals surface area contributed by atoms with Crippen LogP contribution in [0.5, 0.6) is 0 Å². The van der Waals surface area contributed by atoms with Gasteiger partial charge in [0.2, 0.25) is 5.91 Å². The number of amides is 2. The standard InChI is InChI=1S/C26H25Cl2N5O2/c1-15-12-17(10-11-29-15)33-21-7-5-6-20(18(21)14-31-33)32-24(34)22-19(27)9-8-16(23(22)28)13-30-25(35)26(2,3)4/h5-12,14H,13H2,1-4H3,(H,30,35)(H,32,34). The maximum Gasteiger partial charge on any atom is 0.258 e. The van der Waals surface area contributed by atoms with Crippen molar-refractivity contribution in [1.29, 1.82) is 0 Å². The molecule has 0 saturated heterocycles. The van der Waals surface area contributed by atoms with Crippen LogP contribution in [0.25, 0.3) is 16.6 Å². The van der Waals surface area contributed by atoms with Crippen LogP contribution >= 0.6 is 23.2 Å². The first-order valence-corrected chi connectivity index (χ1v) is 11.8. The van der Waals surface area contributed by atoms with Crippen molar-refractivity contribution in [3.8, 4) is 5.69 Å². The van der Waals surface area contributed by atoms with Crippen molar-refractivity contribution in [2.45, 2.75) is 34.2 Å². The Kier molecular flexibility index (Phi) is 6.83. The highest BCUT2D eigenvalue weighted by Gasteiger charge is 2.23. The minimum atomic E-state index is -0.544. The van der Waals surface area contributed by atoms with Crippen LogP contribution in [-0.4, -0.2) is 26.6 Å². The fourth-order valence-corrected chi connectivity index (χ4v) is 4.20. The summed E-state index contributed by atoms with van der Waals surface area (Å²) in [5, 5.41) is 11.4. The van der Waals surface area contributed by atoms with E-state index in [1.54, 1.807) is 35.3 Å². The molecule has 0 spiro atoms. The third-order valence-electron chi connectivity index (χ3n) is 5.51. The number of nitrogens with one attached hydrogen (secondary N) is 2. The highest BCUT2D eigenvalue weighted by molar-refractivity contribution is 6.41. The Balaban J connectivity index is 1.63. The minimum Gasteiger partial charge on any atom is -0.352 e. The molecule has 4 aromatic rings. The smallest absolute Gasteiger partial charge is 0.258 e. The van der Waals surface area contributed by atoms with Crippen LogP contribution in [0.15, 0.2) is 54.9 Å². The third kappa shape index (κ3) is 5.16. The van der Waals surface area contributed by atoms with E-state index >= 15 is 0 Å². The van der Waals surface area contributed by atoms with Crippen LogP contribution in [0, 0.1) is 12.3 Å². The molecule has 35 heavy (non-hydrogen) atoms. The van der Waals surface area contributed by atoms with E-state index in [-0.39, 0.29) is 28.1 Å². The average molecular weight is 510 g/mol. The molecule has 9 heteroatoms. The van der Waals surface area contributed by atoms with Crippen molar-refractivity contribution in [1.82, 2.24) is 20.1 Å². The van der Waals surface area contributed by atoms with Gasteiger partial charge in [-0.15, -0.1) is 0 Å². The summed E-state index contributed by atoms with van der Waals surface area (Å²) in [6.07, 6.45) is 3.42. The Morgan fingerprint density at radius 3 is 2.57 bits per heavy atom. The van der Waals surface area contributed by atoms with Crippen LogP contribution in [0.3, 0.4) is 0 Å². The van der Waals surface area contributed by atoms with Gasteiger partial charge >= 0.3 is 0 Å². The highest BCUT2D eigenvalue weighted by Crippen LogP contribution is 2.31. The van der Waals surface area contributed by atoms with E-state index in [4.69, 9.17) is 23.2 Å². The first-order chi connectivity index (χ1) is 16.6. The number of carbonyl (C=O) groups excluding carboxylic acids is 2. The van der Waals surface area contributed by atoms with Gasteiger partial charge in [-0.1, -0.05) is 56.1 Å². The Morgan fingerprint density at radius 2 is 1.86 bits per heavy atom. The fourth-order valence-electron chi connectivity index (χ4n) is 3.59. The maximum atomic E-state index is 13.3. The number of carbonyl (C=O) groups is 2. The Bertz CT molecular complexity index is 1440. The lowest BCUT2D eigenvalue weighted by Crippen LogP contribution is -2.34. The predicted octanol–water partition coefficient (Wildman–Crippen LogP) is 5.95. The van der Waals surface area contributed by atoms with Gasteiger partial charge in [0.05, 0.1) is 38.7 Å². The molecule has 0 unspecified atom stereocenters. The number of halogens is 2. The van der Waals surface area contributed by atoms with Crippen molar-refractivity contribution in [3.05, 3.63) is 81.7 Å². The summed E-state index contributed by atoms with van der Waals surface area (Å²) in [6, 6.07) is 12.7. The van der Waals surface area contributed by atoms with Gasteiger partial charge in [0, 0.05) is 29.2 Å². The van der Waals surface area contributed by atoms with E-state index in [0.29, 0.717) is 11.3 Å². The molecule has 0 saturated carbocycles. The Hall–Kier alpha value is -3.42. The van der Waals surface area contributed by atoms with Gasteiger partial charge in [-0.3, -0.25) is 14.6 Å². The number of hydrogen-bond acceptors (Lipinski definition) is 4. The number of benzene rings is 2. The molecule has 0 radical (unpaired) electrons. The summed E-state index contributed by atoms with van der Waals surface area (Å²) in [5.74, 6) is -0.577. The lowest BCUT2D eigenvalue weighted by molar-refractivity contribution is -0.128. The van der Waals surface area contributed by atoms with Crippen LogP contribution in [0.4, 0.5) is 5.69 Å². The maximum absolute atomic E-state index is 13.3. The summed E-state index contributed by atoms with van der Waals surface area (Å²) < 4.78 is 1.79. The monoisotopic (exact) mass is 509 g/mol. The lowest BCUT2D eigenvalue weighted by Gasteiger charge is -2.18. The molecule has 0 bridgehead atoms. The molecule has 180 valence electrons. The van der Waals surface area contributed by atoms with E-state index in [9.17, 15) is 9.59 Å². The van der Waals surface area contributed by atoms with E-state index in [1.165, 1.54) is 0 Å². The molecule has 0 fully saturated rings. The summed E-state index contributed by atoms with van der Waals surface area (Å²) in [7, 11) is 0. The van der Waals surface area contributed by atoms with Crippen molar-refractivity contribution in [2.24, 2.45) is 5.41 Å². The fraction of sp³-hybridized carbons (Fsp3) is 0.231. The first kappa shape index (κ1) is 24.7. The quantitative estimate of drug-likeness (QED) is 0.347. The van der Waals surface area contributed by atoms with Gasteiger partial charge in [0.15, 0.2) is 0 Å². The molecule has 7 nitrogen and oxygen atoms in total. The van der Waals surface area contributed by atoms with E-state index in [0.717, 1.165) is 22.3 Å². The molecule has 2 aromatic carbocycles. The second-order valence-electron chi connectivity index (χ2n) is 9.23. The summed E-state index contributed by atoms with van der Waals surface area (Å²) in [5.41, 5.74) is 3.33. The van der Waals surface area contributed by atoms with Gasteiger partial charge in [-0.25, -0.2) is 4.68 Å². The largest absolute Gasteiger partial charge is 0.352 e. The molecule has 0 atom stereocenters. The minimum absolute atomic E-state index is 0.123. The lowest BCUT2D eigenvalue weighted by atomic mass is 9.95. The number of anilines is 1. The van der Waals surface area contributed by atoms with E-state index < -0.39 is 11.3 Å². The molecule has 0 aliphatic heterocycles. The van der Waals surface area contributed by atoms with Gasteiger partial charge in [0.1, 0.15) is 0 Å². The summed E-state index contributed by atoms with van der Waals surface area (Å²) >= 11 is 12.9. The summed E-state index contributed by atoms with van der Waals surface area (Å²) in [4.78, 5) is 29.8. The van der Waals surface area contributed by atoms with Crippen LogP contribution in [0.1, 0.15) is 42.4 Å². The van der Waals surface area contributed by atoms with Gasteiger partial charge in [-0.05, 0) is 42.8 Å². The SMILES string of the molecule is Cc1cc(-n2ncc3c(NC(=O)c4c(Cl)ccc(CNC(=O)C(C)(C)C)c4Cl)cccc32)ccn1. The number of fused-ring (bicyclic) bond motifs is 1. The zero-order valence-electron chi connectivity index (χ0n) is 19.8. The number of aromatic nitrogens is 3. The van der Waals surface area contributed by atoms with Crippen molar-refractivity contribution >= 4 is 51.6 Å². The molecule has 0 aliphatic carbocycles. The number of rotatable bonds is 5. The van der Waals surface area contributed by atoms with Crippen molar-refractivity contribution in [3.63, 3.8) is 0 Å². The van der Waals surface area contributed by atoms with Gasteiger partial charge in [-0.2, -0.15) is 5.10 Å². The van der Waals surface area contributed by atoms with Crippen LogP contribution in [0.2, 0.25) is 10.0 Å². The van der Waals surface area contributed by atoms with Gasteiger partial charge < -0.3 is 10.6 Å². The number of aryl methyl sites for hydroxylation is 1. The Labute approximate surface area is 213 Å². The third-order valence-corrected chi connectivity index (χ3v) is 6.25. The zero-order valence-corrected chi connectivity index (χ0v) is 21.3. The molecule has 2 N–H and O–H groups in total. The second-order valence-corrected chi connectivity index (χ2v) is 10.0. The molecular formula is C26H25Cl2N5O2. The summed E-state index contributed by atoms with van der Waals surface area (Å²) in [6.45, 7) is 7.56. The van der Waals surface area contributed by atoms with E-state index in [1.807, 2.05) is 52.0 Å². The number of nitrogens with zero attached hydrogens (tertiary/aromatic N) is 3. The normalized spacial score (nSPS) is 11.5. The zero-order chi connectivity index (χ0) is 25.3. The first-order valence-electron chi connectivity index (χ1n) is 11.0. The molecule has 0 aliphatic rings. The number of hydrogen-bond donors (Lipinski definition) is 2. The molecule has 2 heterocycles. The van der Waals surface area contributed by atoms with Crippen molar-refractivity contribution in [2.75, 3.05) is 5.32 Å². The molecule has 4 rings (SSSR count). The van der Waals surface area contributed by atoms with Crippen molar-refractivity contribution < 1.29 is 9.59 Å². The highest BCUT2D eigenvalue weighted by atomic mass is 35.5. The van der Waals surface area contributed by atoms with E-state index in [2.05, 4.69) is 20.7 Å². The van der Waals surface area contributed by atoms with Gasteiger partial charge in [0.25, 0.3) is 5.91 Å². The number of pyridine rings is 1. The molecule has 2 aromatic heterocycles. The van der Waals surface area contributed by atoms with Crippen LogP contribution < -0.4 is 10.6 Å². The average Bonchev–Trinajstić information content (AvgIpc) is 3.23. The predicted molar refractivity (Wildman–Crippen MR) is 139 cm³/mol. The topological polar surface area (TPSA) is 88.9 Å². The molecule has 2 amide bonds. The van der Waals surface area contributed by atoms with Crippen LogP contribution in [-0.2, 0) is 11.3 Å². The molecular weight excluding hydrogens is 485 g/mol. The Morgan fingerprint density at radius 1 is 1.09 bits per heavy atom.